The minimum Gasteiger partial charge on any atom is -0.433 e. The molecule has 0 saturated heterocycles. The van der Waals surface area contributed by atoms with E-state index in [1.54, 1.807) is 29.1 Å². The van der Waals surface area contributed by atoms with Gasteiger partial charge in [0.15, 0.2) is 5.75 Å². The number of nitriles is 1. The largest absolute Gasteiger partial charge is 0.433 e. The lowest BCUT2D eigenvalue weighted by Gasteiger charge is -2.10. The van der Waals surface area contributed by atoms with Crippen molar-refractivity contribution in [3.8, 4) is 29.0 Å². The van der Waals surface area contributed by atoms with Crippen LogP contribution in [0.1, 0.15) is 17.0 Å². The molecule has 0 spiro atoms. The molecule has 3 heterocycles. The smallest absolute Gasteiger partial charge is 0.243 e. The summed E-state index contributed by atoms with van der Waals surface area (Å²) in [7, 11) is 1.85. The molecule has 0 aliphatic carbocycles. The van der Waals surface area contributed by atoms with Crippen LogP contribution in [0.5, 0.6) is 11.6 Å². The van der Waals surface area contributed by atoms with Gasteiger partial charge in [-0.1, -0.05) is 0 Å². The summed E-state index contributed by atoms with van der Waals surface area (Å²) in [6.45, 7) is 3.78. The molecule has 3 aromatic heterocycles. The number of rotatable bonds is 3. The van der Waals surface area contributed by atoms with Crippen LogP contribution in [0, 0.1) is 25.2 Å². The molecule has 120 valence electrons. The molecule has 0 fully saturated rings. The van der Waals surface area contributed by atoms with Gasteiger partial charge in [-0.15, -0.1) is 0 Å². The van der Waals surface area contributed by atoms with Gasteiger partial charge >= 0.3 is 0 Å². The Kier molecular flexibility index (Phi) is 3.88. The zero-order valence-corrected chi connectivity index (χ0v) is 13.6. The van der Waals surface area contributed by atoms with Gasteiger partial charge in [0.25, 0.3) is 0 Å². The van der Waals surface area contributed by atoms with Crippen LogP contribution in [-0.4, -0.2) is 19.7 Å². The lowest BCUT2D eigenvalue weighted by molar-refractivity contribution is 0.458. The van der Waals surface area contributed by atoms with Gasteiger partial charge in [0, 0.05) is 25.0 Å². The molecule has 0 aliphatic rings. The van der Waals surface area contributed by atoms with Gasteiger partial charge in [-0.2, -0.15) is 10.4 Å². The minimum atomic E-state index is 0.300. The Morgan fingerprint density at radius 1 is 1.25 bits per heavy atom. The summed E-state index contributed by atoms with van der Waals surface area (Å²) in [6, 6.07) is 7.27. The Hall–Kier alpha value is -3.40. The highest BCUT2D eigenvalue weighted by Crippen LogP contribution is 2.32. The summed E-state index contributed by atoms with van der Waals surface area (Å²) in [6.07, 6.45) is 3.14. The molecule has 7 nitrogen and oxygen atoms in total. The summed E-state index contributed by atoms with van der Waals surface area (Å²) in [5.74, 6) is 0.937. The number of anilines is 1. The van der Waals surface area contributed by atoms with Crippen molar-refractivity contribution in [2.75, 3.05) is 5.73 Å². The van der Waals surface area contributed by atoms with E-state index in [2.05, 4.69) is 21.1 Å². The fourth-order valence-electron chi connectivity index (χ4n) is 2.33. The topological polar surface area (TPSA) is 103 Å². The molecule has 0 amide bonds. The Morgan fingerprint density at radius 3 is 2.71 bits per heavy atom. The summed E-state index contributed by atoms with van der Waals surface area (Å²) in [5, 5.41) is 13.3. The van der Waals surface area contributed by atoms with E-state index in [1.165, 1.54) is 6.20 Å². The number of hydrogen-bond donors (Lipinski definition) is 1. The number of hydrogen-bond acceptors (Lipinski definition) is 6. The van der Waals surface area contributed by atoms with Crippen molar-refractivity contribution < 1.29 is 4.74 Å². The monoisotopic (exact) mass is 320 g/mol. The average molecular weight is 320 g/mol. The minimum absolute atomic E-state index is 0.300. The molecule has 3 aromatic rings. The molecule has 0 aliphatic heterocycles. The van der Waals surface area contributed by atoms with Crippen molar-refractivity contribution in [1.82, 2.24) is 19.7 Å². The van der Waals surface area contributed by atoms with E-state index in [0.717, 1.165) is 17.0 Å². The van der Waals surface area contributed by atoms with Crippen LogP contribution >= 0.6 is 0 Å². The van der Waals surface area contributed by atoms with Crippen LogP contribution in [0.2, 0.25) is 0 Å². The van der Waals surface area contributed by atoms with Crippen LogP contribution in [0.4, 0.5) is 5.69 Å². The third kappa shape index (κ3) is 2.77. The van der Waals surface area contributed by atoms with Crippen molar-refractivity contribution in [2.24, 2.45) is 7.05 Å². The Labute approximate surface area is 139 Å². The Bertz CT molecular complexity index is 954. The van der Waals surface area contributed by atoms with Crippen LogP contribution in [0.25, 0.3) is 11.3 Å². The SMILES string of the molecule is Cc1nn(C)c(C)c1Oc1nc(-c2cncc(C#N)c2)ccc1N. The fraction of sp³-hybridized carbons (Fsp3) is 0.176. The third-order valence-electron chi connectivity index (χ3n) is 3.69. The average Bonchev–Trinajstić information content (AvgIpc) is 2.83. The van der Waals surface area contributed by atoms with Crippen molar-refractivity contribution >= 4 is 5.69 Å². The van der Waals surface area contributed by atoms with Gasteiger partial charge in [-0.05, 0) is 32.0 Å². The van der Waals surface area contributed by atoms with Crippen molar-refractivity contribution in [1.29, 1.82) is 5.26 Å². The molecule has 0 bridgehead atoms. The number of aryl methyl sites for hydroxylation is 2. The van der Waals surface area contributed by atoms with Gasteiger partial charge < -0.3 is 10.5 Å². The molecule has 3 rings (SSSR count). The van der Waals surface area contributed by atoms with E-state index in [1.807, 2.05) is 20.9 Å². The lowest BCUT2D eigenvalue weighted by atomic mass is 10.1. The number of nitrogen functional groups attached to an aromatic ring is 1. The molecular weight excluding hydrogens is 304 g/mol. The number of pyridine rings is 2. The maximum atomic E-state index is 9.00. The summed E-state index contributed by atoms with van der Waals surface area (Å²) < 4.78 is 7.65. The van der Waals surface area contributed by atoms with E-state index in [-0.39, 0.29) is 0 Å². The zero-order valence-electron chi connectivity index (χ0n) is 13.6. The Balaban J connectivity index is 2.02. The predicted octanol–water partition coefficient (Wildman–Crippen LogP) is 2.74. The second-order valence-corrected chi connectivity index (χ2v) is 5.39. The maximum Gasteiger partial charge on any atom is 0.243 e. The standard InChI is InChI=1S/C17H16N6O/c1-10-16(11(2)23(3)22-10)24-17-14(19)4-5-15(21-17)13-6-12(7-18)8-20-9-13/h4-6,8-9H,19H2,1-3H3. The van der Waals surface area contributed by atoms with Crippen molar-refractivity contribution in [3.63, 3.8) is 0 Å². The molecule has 0 radical (unpaired) electrons. The zero-order chi connectivity index (χ0) is 17.3. The highest BCUT2D eigenvalue weighted by Gasteiger charge is 2.15. The lowest BCUT2D eigenvalue weighted by Crippen LogP contribution is -1.98. The van der Waals surface area contributed by atoms with Crippen molar-refractivity contribution in [2.45, 2.75) is 13.8 Å². The highest BCUT2D eigenvalue weighted by atomic mass is 16.5. The number of nitrogens with two attached hydrogens (primary N) is 1. The van der Waals surface area contributed by atoms with Gasteiger partial charge in [-0.25, -0.2) is 4.98 Å². The van der Waals surface area contributed by atoms with Gasteiger partial charge in [0.1, 0.15) is 11.8 Å². The second kappa shape index (κ2) is 6.01. The van der Waals surface area contributed by atoms with Gasteiger partial charge in [-0.3, -0.25) is 9.67 Å². The molecule has 24 heavy (non-hydrogen) atoms. The summed E-state index contributed by atoms with van der Waals surface area (Å²) in [5.41, 5.74) is 9.87. The number of nitrogens with zero attached hydrogens (tertiary/aromatic N) is 5. The molecule has 0 unspecified atom stereocenters. The third-order valence-corrected chi connectivity index (χ3v) is 3.69. The number of ether oxygens (including phenoxy) is 1. The van der Waals surface area contributed by atoms with Crippen LogP contribution < -0.4 is 10.5 Å². The first-order chi connectivity index (χ1) is 11.5. The molecule has 0 aromatic carbocycles. The van der Waals surface area contributed by atoms with E-state index < -0.39 is 0 Å². The van der Waals surface area contributed by atoms with Crippen LogP contribution in [0.3, 0.4) is 0 Å². The molecule has 2 N–H and O–H groups in total. The van der Waals surface area contributed by atoms with E-state index in [9.17, 15) is 0 Å². The van der Waals surface area contributed by atoms with E-state index in [4.69, 9.17) is 15.7 Å². The Morgan fingerprint density at radius 2 is 2.04 bits per heavy atom. The molecular formula is C17H16N6O. The molecule has 7 heteroatoms. The van der Waals surface area contributed by atoms with E-state index in [0.29, 0.717) is 28.6 Å². The van der Waals surface area contributed by atoms with Crippen molar-refractivity contribution in [3.05, 3.63) is 47.5 Å². The molecule has 0 saturated carbocycles. The summed E-state index contributed by atoms with van der Waals surface area (Å²) >= 11 is 0. The quantitative estimate of drug-likeness (QED) is 0.796. The first kappa shape index (κ1) is 15.5. The number of aromatic nitrogens is 4. The van der Waals surface area contributed by atoms with Gasteiger partial charge in [0.05, 0.1) is 22.6 Å². The van der Waals surface area contributed by atoms with E-state index >= 15 is 0 Å². The predicted molar refractivity (Wildman–Crippen MR) is 89.4 cm³/mol. The molecule has 0 atom stereocenters. The van der Waals surface area contributed by atoms with Gasteiger partial charge in [0.2, 0.25) is 5.88 Å². The second-order valence-electron chi connectivity index (χ2n) is 5.39. The van der Waals surface area contributed by atoms with Crippen LogP contribution in [0.15, 0.2) is 30.6 Å². The normalized spacial score (nSPS) is 10.4. The van der Waals surface area contributed by atoms with Crippen LogP contribution in [-0.2, 0) is 7.05 Å². The summed E-state index contributed by atoms with van der Waals surface area (Å²) in [4.78, 5) is 8.52. The first-order valence-electron chi connectivity index (χ1n) is 7.29. The fourth-order valence-corrected chi connectivity index (χ4v) is 2.33. The maximum absolute atomic E-state index is 9.00. The highest BCUT2D eigenvalue weighted by molar-refractivity contribution is 5.64. The first-order valence-corrected chi connectivity index (χ1v) is 7.29.